The number of rotatable bonds is 7. The first-order valence-corrected chi connectivity index (χ1v) is 11.4. The van der Waals surface area contributed by atoms with Crippen LogP contribution in [0.5, 0.6) is 11.5 Å². The molecule has 2 aromatic carbocycles. The van der Waals surface area contributed by atoms with E-state index in [0.717, 1.165) is 12.1 Å². The van der Waals surface area contributed by atoms with Crippen LogP contribution >= 0.6 is 0 Å². The molecule has 0 unspecified atom stereocenters. The topological polar surface area (TPSA) is 112 Å². The van der Waals surface area contributed by atoms with Crippen LogP contribution < -0.4 is 14.8 Å². The van der Waals surface area contributed by atoms with E-state index in [0.29, 0.717) is 6.07 Å². The summed E-state index contributed by atoms with van der Waals surface area (Å²) in [6.45, 7) is 1.48. The van der Waals surface area contributed by atoms with Crippen LogP contribution in [0.15, 0.2) is 54.4 Å². The molecular weight excluding hydrogens is 454 g/mol. The Hall–Kier alpha value is -3.73. The van der Waals surface area contributed by atoms with Gasteiger partial charge in [-0.25, -0.2) is 17.2 Å². The van der Waals surface area contributed by atoms with Crippen molar-refractivity contribution >= 4 is 32.9 Å². The zero-order chi connectivity index (χ0) is 24.3. The van der Waals surface area contributed by atoms with Crippen LogP contribution in [0.3, 0.4) is 0 Å². The van der Waals surface area contributed by atoms with Gasteiger partial charge in [-0.3, -0.25) is 14.9 Å². The summed E-state index contributed by atoms with van der Waals surface area (Å²) in [5.41, 5.74) is 0.560. The molecule has 0 bridgehead atoms. The highest BCUT2D eigenvalue weighted by atomic mass is 32.2. The summed E-state index contributed by atoms with van der Waals surface area (Å²) in [7, 11) is -0.524. The largest absolute Gasteiger partial charge is 0.454 e. The minimum atomic E-state index is -3.61. The number of halogens is 2. The molecule has 8 nitrogen and oxygen atoms in total. The maximum Gasteiger partial charge on any atom is 0.261 e. The number of hydrogen-bond donors (Lipinski definition) is 3. The molecule has 11 heteroatoms. The third-order valence-corrected chi connectivity index (χ3v) is 6.04. The van der Waals surface area contributed by atoms with Crippen LogP contribution in [-0.2, 0) is 14.8 Å². The number of sulfonamides is 1. The Bertz CT molecular complexity index is 1290. The molecule has 33 heavy (non-hydrogen) atoms. The molecule has 3 N–H and O–H groups in total. The van der Waals surface area contributed by atoms with Gasteiger partial charge in [-0.15, -0.1) is 0 Å². The molecule has 0 saturated heterocycles. The molecule has 1 heterocycles. The fourth-order valence-electron chi connectivity index (χ4n) is 3.06. The van der Waals surface area contributed by atoms with Crippen molar-refractivity contribution < 1.29 is 26.7 Å². The molecule has 0 radical (unpaired) electrons. The molecule has 1 amide bonds. The Morgan fingerprint density at radius 2 is 1.85 bits per heavy atom. The predicted octanol–water partition coefficient (Wildman–Crippen LogP) is 3.45. The number of nitrogens with zero attached hydrogens (tertiary/aromatic N) is 1. The smallest absolute Gasteiger partial charge is 0.261 e. The second kappa shape index (κ2) is 9.41. The molecule has 0 saturated carbocycles. The van der Waals surface area contributed by atoms with Crippen molar-refractivity contribution in [1.29, 1.82) is 5.41 Å². The molecule has 1 aliphatic heterocycles. The van der Waals surface area contributed by atoms with Crippen molar-refractivity contribution in [2.24, 2.45) is 0 Å². The standard InChI is InChI=1S/C22H22F2N4O4S/c1-4-33(30,31)27-14-6-8-19(32-20-7-5-13(23)9-18(20)24)15(10-14)17-12-28(3)22(29)16(11-26-2)21(17)25/h5-12,25-27H,4H2,1-3H3/b16-11+,25-21?. The first-order chi connectivity index (χ1) is 15.6. The minimum absolute atomic E-state index is 0.0657. The average molecular weight is 477 g/mol. The van der Waals surface area contributed by atoms with Crippen molar-refractivity contribution in [3.8, 4) is 11.5 Å². The maximum absolute atomic E-state index is 14.2. The second-order valence-corrected chi connectivity index (χ2v) is 9.08. The predicted molar refractivity (Wildman–Crippen MR) is 122 cm³/mol. The Balaban J connectivity index is 2.17. The maximum atomic E-state index is 14.2. The van der Waals surface area contributed by atoms with Crippen molar-refractivity contribution in [3.63, 3.8) is 0 Å². The average Bonchev–Trinajstić information content (AvgIpc) is 2.76. The lowest BCUT2D eigenvalue weighted by atomic mass is 9.92. The van der Waals surface area contributed by atoms with Crippen LogP contribution in [0.1, 0.15) is 12.5 Å². The molecule has 0 fully saturated rings. The molecule has 3 rings (SSSR count). The van der Waals surface area contributed by atoms with Gasteiger partial charge in [0.25, 0.3) is 5.91 Å². The Kier molecular flexibility index (Phi) is 6.82. The van der Waals surface area contributed by atoms with Gasteiger partial charge in [0, 0.05) is 49.4 Å². The number of carbonyl (C=O) groups excluding carboxylic acids is 1. The molecule has 2 aromatic rings. The van der Waals surface area contributed by atoms with E-state index in [1.807, 2.05) is 0 Å². The van der Waals surface area contributed by atoms with Gasteiger partial charge in [0.15, 0.2) is 11.6 Å². The van der Waals surface area contributed by atoms with Crippen LogP contribution in [0.2, 0.25) is 0 Å². The SMILES string of the molecule is CCS(=O)(=O)Nc1ccc(Oc2ccc(F)cc2F)c(C2=CN(C)C(=O)/C(=C/NC)C2=N)c1. The van der Waals surface area contributed by atoms with Crippen molar-refractivity contribution in [1.82, 2.24) is 10.2 Å². The lowest BCUT2D eigenvalue weighted by molar-refractivity contribution is -0.123. The lowest BCUT2D eigenvalue weighted by Gasteiger charge is -2.25. The lowest BCUT2D eigenvalue weighted by Crippen LogP contribution is -2.33. The van der Waals surface area contributed by atoms with E-state index >= 15 is 0 Å². The summed E-state index contributed by atoms with van der Waals surface area (Å²) >= 11 is 0. The molecule has 0 aliphatic carbocycles. The highest BCUT2D eigenvalue weighted by molar-refractivity contribution is 7.92. The van der Waals surface area contributed by atoms with Gasteiger partial charge in [0.2, 0.25) is 10.0 Å². The number of likely N-dealkylation sites (N-methyl/N-ethyl adjacent to an activating group) is 1. The number of carbonyl (C=O) groups is 1. The zero-order valence-electron chi connectivity index (χ0n) is 18.1. The van der Waals surface area contributed by atoms with Crippen LogP contribution in [-0.4, -0.2) is 44.8 Å². The fraction of sp³-hybridized carbons (Fsp3) is 0.182. The Morgan fingerprint density at radius 3 is 2.48 bits per heavy atom. The Morgan fingerprint density at radius 1 is 1.15 bits per heavy atom. The summed E-state index contributed by atoms with van der Waals surface area (Å²) in [6, 6.07) is 7.05. The highest BCUT2D eigenvalue weighted by Crippen LogP contribution is 2.37. The number of benzene rings is 2. The van der Waals surface area contributed by atoms with E-state index in [1.54, 1.807) is 7.05 Å². The van der Waals surface area contributed by atoms with Crippen molar-refractivity contribution in [2.45, 2.75) is 6.92 Å². The zero-order valence-corrected chi connectivity index (χ0v) is 18.9. The van der Waals surface area contributed by atoms with Gasteiger partial charge in [0.1, 0.15) is 11.6 Å². The summed E-state index contributed by atoms with van der Waals surface area (Å²) in [6.07, 6.45) is 2.77. The number of ether oxygens (including phenoxy) is 1. The number of nitrogens with one attached hydrogen (secondary N) is 3. The number of hydrogen-bond acceptors (Lipinski definition) is 6. The third-order valence-electron chi connectivity index (χ3n) is 4.74. The van der Waals surface area contributed by atoms with Gasteiger partial charge in [0.05, 0.1) is 17.0 Å². The van der Waals surface area contributed by atoms with Crippen molar-refractivity contribution in [3.05, 3.63) is 71.6 Å². The van der Waals surface area contributed by atoms with Gasteiger partial charge >= 0.3 is 0 Å². The number of amides is 1. The van der Waals surface area contributed by atoms with Crippen LogP contribution in [0.25, 0.3) is 5.57 Å². The molecule has 0 spiro atoms. The summed E-state index contributed by atoms with van der Waals surface area (Å²) in [4.78, 5) is 13.7. The fourth-order valence-corrected chi connectivity index (χ4v) is 3.69. The molecule has 1 aliphatic rings. The molecule has 0 aromatic heterocycles. The van der Waals surface area contributed by atoms with E-state index in [9.17, 15) is 22.0 Å². The van der Waals surface area contributed by atoms with Crippen molar-refractivity contribution in [2.75, 3.05) is 24.6 Å². The number of allylic oxidation sites excluding steroid dienone is 1. The quantitative estimate of drug-likeness (QED) is 0.530. The van der Waals surface area contributed by atoms with Gasteiger partial charge in [-0.2, -0.15) is 0 Å². The summed E-state index contributed by atoms with van der Waals surface area (Å²) < 4.78 is 59.7. The minimum Gasteiger partial charge on any atom is -0.454 e. The molecule has 174 valence electrons. The highest BCUT2D eigenvalue weighted by Gasteiger charge is 2.29. The van der Waals surface area contributed by atoms with Gasteiger partial charge < -0.3 is 15.0 Å². The van der Waals surface area contributed by atoms with Gasteiger partial charge in [-0.1, -0.05) is 0 Å². The third kappa shape index (κ3) is 5.20. The van der Waals surface area contributed by atoms with Gasteiger partial charge in [-0.05, 0) is 37.3 Å². The van der Waals surface area contributed by atoms with Crippen LogP contribution in [0.4, 0.5) is 14.5 Å². The molecular formula is C22H22F2N4O4S. The Labute approximate surface area is 190 Å². The first kappa shape index (κ1) is 23.9. The second-order valence-electron chi connectivity index (χ2n) is 7.07. The number of anilines is 1. The summed E-state index contributed by atoms with van der Waals surface area (Å²) in [5.74, 6) is -2.49. The monoisotopic (exact) mass is 476 g/mol. The van der Waals surface area contributed by atoms with E-state index in [-0.39, 0.29) is 45.4 Å². The normalized spacial score (nSPS) is 15.5. The van der Waals surface area contributed by atoms with E-state index in [4.69, 9.17) is 10.1 Å². The van der Waals surface area contributed by atoms with E-state index < -0.39 is 27.6 Å². The first-order valence-electron chi connectivity index (χ1n) is 9.79. The van der Waals surface area contributed by atoms with Crippen LogP contribution in [0, 0.1) is 17.0 Å². The summed E-state index contributed by atoms with van der Waals surface area (Å²) in [5, 5.41) is 11.3. The van der Waals surface area contributed by atoms with E-state index in [2.05, 4.69) is 10.0 Å². The van der Waals surface area contributed by atoms with E-state index in [1.165, 1.54) is 49.5 Å². The molecule has 0 atom stereocenters.